The van der Waals surface area contributed by atoms with Crippen LogP contribution in [0.2, 0.25) is 5.15 Å². The van der Waals surface area contributed by atoms with E-state index in [1.807, 2.05) is 0 Å². The molecule has 1 N–H and O–H groups in total. The number of carbonyl (C=O) groups excluding carboxylic acids is 1. The molecule has 0 fully saturated rings. The van der Waals surface area contributed by atoms with E-state index >= 15 is 0 Å². The van der Waals surface area contributed by atoms with Crippen LogP contribution in [0.1, 0.15) is 37.6 Å². The van der Waals surface area contributed by atoms with Gasteiger partial charge in [0.2, 0.25) is 0 Å². The van der Waals surface area contributed by atoms with Crippen LogP contribution in [0, 0.1) is 5.41 Å². The standard InChI is InChI=1S/C12H17ClN2O/c1-12(2,3)6-8-15-11(16)9-5-4-7-14-10(9)13/h4-5,7H,6,8H2,1-3H3,(H,15,16). The first kappa shape index (κ1) is 13.0. The minimum absolute atomic E-state index is 0.164. The average molecular weight is 241 g/mol. The summed E-state index contributed by atoms with van der Waals surface area (Å²) in [5.41, 5.74) is 0.643. The molecule has 0 radical (unpaired) electrons. The summed E-state index contributed by atoms with van der Waals surface area (Å²) >= 11 is 5.82. The maximum Gasteiger partial charge on any atom is 0.254 e. The van der Waals surface area contributed by atoms with Gasteiger partial charge in [-0.1, -0.05) is 32.4 Å². The van der Waals surface area contributed by atoms with Crippen molar-refractivity contribution in [3.8, 4) is 0 Å². The molecule has 88 valence electrons. The highest BCUT2D eigenvalue weighted by Gasteiger charge is 2.13. The fourth-order valence-corrected chi connectivity index (χ4v) is 1.41. The maximum atomic E-state index is 11.7. The number of nitrogens with zero attached hydrogens (tertiary/aromatic N) is 1. The molecule has 1 rings (SSSR count). The molecule has 0 saturated heterocycles. The summed E-state index contributed by atoms with van der Waals surface area (Å²) in [5.74, 6) is -0.164. The third-order valence-electron chi connectivity index (χ3n) is 2.16. The van der Waals surface area contributed by atoms with E-state index in [0.29, 0.717) is 12.1 Å². The Morgan fingerprint density at radius 3 is 2.75 bits per heavy atom. The largest absolute Gasteiger partial charge is 0.352 e. The van der Waals surface area contributed by atoms with Crippen molar-refractivity contribution < 1.29 is 4.79 Å². The van der Waals surface area contributed by atoms with Gasteiger partial charge in [-0.2, -0.15) is 0 Å². The number of aromatic nitrogens is 1. The van der Waals surface area contributed by atoms with Crippen LogP contribution in [-0.4, -0.2) is 17.4 Å². The lowest BCUT2D eigenvalue weighted by molar-refractivity contribution is 0.0949. The van der Waals surface area contributed by atoms with Crippen LogP contribution in [-0.2, 0) is 0 Å². The van der Waals surface area contributed by atoms with Crippen LogP contribution in [0.5, 0.6) is 0 Å². The Kier molecular flexibility index (Phi) is 4.30. The smallest absolute Gasteiger partial charge is 0.254 e. The molecule has 1 aromatic rings. The predicted molar refractivity (Wildman–Crippen MR) is 65.7 cm³/mol. The monoisotopic (exact) mass is 240 g/mol. The van der Waals surface area contributed by atoms with Gasteiger partial charge in [0.25, 0.3) is 5.91 Å². The van der Waals surface area contributed by atoms with E-state index < -0.39 is 0 Å². The van der Waals surface area contributed by atoms with Gasteiger partial charge in [0.1, 0.15) is 5.15 Å². The fraction of sp³-hybridized carbons (Fsp3) is 0.500. The Hall–Kier alpha value is -1.09. The SMILES string of the molecule is CC(C)(C)CCNC(=O)c1cccnc1Cl. The molecule has 4 heteroatoms. The van der Waals surface area contributed by atoms with Gasteiger partial charge in [-0.25, -0.2) is 4.98 Å². The van der Waals surface area contributed by atoms with Gasteiger partial charge in [0, 0.05) is 12.7 Å². The Bertz CT molecular complexity index is 372. The zero-order valence-corrected chi connectivity index (χ0v) is 10.6. The molecule has 3 nitrogen and oxygen atoms in total. The zero-order chi connectivity index (χ0) is 12.2. The van der Waals surface area contributed by atoms with Gasteiger partial charge in [0.15, 0.2) is 0 Å². The minimum Gasteiger partial charge on any atom is -0.352 e. The van der Waals surface area contributed by atoms with Crippen molar-refractivity contribution in [2.45, 2.75) is 27.2 Å². The summed E-state index contributed by atoms with van der Waals surface area (Å²) in [6, 6.07) is 3.37. The van der Waals surface area contributed by atoms with E-state index in [9.17, 15) is 4.79 Å². The Morgan fingerprint density at radius 1 is 1.50 bits per heavy atom. The molecule has 0 aromatic carbocycles. The number of amides is 1. The Balaban J connectivity index is 2.51. The van der Waals surface area contributed by atoms with Crippen LogP contribution >= 0.6 is 11.6 Å². The van der Waals surface area contributed by atoms with Crippen LogP contribution in [0.4, 0.5) is 0 Å². The van der Waals surface area contributed by atoms with E-state index in [0.717, 1.165) is 6.42 Å². The molecule has 0 saturated carbocycles. The fourth-order valence-electron chi connectivity index (χ4n) is 1.20. The second-order valence-corrected chi connectivity index (χ2v) is 5.27. The molecule has 0 aliphatic rings. The summed E-state index contributed by atoms with van der Waals surface area (Å²) in [4.78, 5) is 15.6. The molecule has 0 atom stereocenters. The highest BCUT2D eigenvalue weighted by molar-refractivity contribution is 6.32. The molecule has 0 aliphatic heterocycles. The van der Waals surface area contributed by atoms with E-state index in [4.69, 9.17) is 11.6 Å². The molecule has 0 aliphatic carbocycles. The number of hydrogen-bond donors (Lipinski definition) is 1. The molecular formula is C12H17ClN2O. The number of nitrogens with one attached hydrogen (secondary N) is 1. The van der Waals surface area contributed by atoms with Crippen LogP contribution in [0.25, 0.3) is 0 Å². The van der Waals surface area contributed by atoms with Crippen molar-refractivity contribution in [2.24, 2.45) is 5.41 Å². The summed E-state index contributed by atoms with van der Waals surface area (Å²) in [5, 5.41) is 3.08. The van der Waals surface area contributed by atoms with E-state index in [2.05, 4.69) is 31.1 Å². The lowest BCUT2D eigenvalue weighted by atomic mass is 9.92. The van der Waals surface area contributed by atoms with E-state index in [1.54, 1.807) is 18.3 Å². The second kappa shape index (κ2) is 5.30. The predicted octanol–water partition coefficient (Wildman–Crippen LogP) is 2.90. The first-order valence-electron chi connectivity index (χ1n) is 5.29. The third-order valence-corrected chi connectivity index (χ3v) is 2.47. The molecule has 1 aromatic heterocycles. The van der Waals surface area contributed by atoms with Crippen LogP contribution in [0.3, 0.4) is 0 Å². The van der Waals surface area contributed by atoms with Crippen molar-refractivity contribution in [2.75, 3.05) is 6.54 Å². The molecule has 0 unspecified atom stereocenters. The first-order chi connectivity index (χ1) is 7.40. The zero-order valence-electron chi connectivity index (χ0n) is 9.88. The number of halogens is 1. The topological polar surface area (TPSA) is 42.0 Å². The van der Waals surface area contributed by atoms with Crippen LogP contribution in [0.15, 0.2) is 18.3 Å². The van der Waals surface area contributed by atoms with Crippen molar-refractivity contribution >= 4 is 17.5 Å². The maximum absolute atomic E-state index is 11.7. The summed E-state index contributed by atoms with van der Waals surface area (Å²) in [7, 11) is 0. The van der Waals surface area contributed by atoms with Gasteiger partial charge >= 0.3 is 0 Å². The van der Waals surface area contributed by atoms with E-state index in [1.165, 1.54) is 0 Å². The second-order valence-electron chi connectivity index (χ2n) is 4.91. The lowest BCUT2D eigenvalue weighted by Crippen LogP contribution is -2.27. The van der Waals surface area contributed by atoms with Crippen LogP contribution < -0.4 is 5.32 Å². The van der Waals surface area contributed by atoms with Crippen molar-refractivity contribution in [3.63, 3.8) is 0 Å². The highest BCUT2D eigenvalue weighted by Crippen LogP contribution is 2.17. The number of hydrogen-bond acceptors (Lipinski definition) is 2. The first-order valence-corrected chi connectivity index (χ1v) is 5.67. The third kappa shape index (κ3) is 4.19. The number of pyridine rings is 1. The van der Waals surface area contributed by atoms with Gasteiger partial charge < -0.3 is 5.32 Å². The molecule has 0 bridgehead atoms. The summed E-state index contributed by atoms with van der Waals surface area (Å²) in [6.07, 6.45) is 2.49. The molecule has 1 amide bonds. The summed E-state index contributed by atoms with van der Waals surface area (Å²) in [6.45, 7) is 7.05. The summed E-state index contributed by atoms with van der Waals surface area (Å²) < 4.78 is 0. The molecular weight excluding hydrogens is 224 g/mol. The van der Waals surface area contributed by atoms with Crippen molar-refractivity contribution in [1.82, 2.24) is 10.3 Å². The molecule has 0 spiro atoms. The number of rotatable bonds is 3. The van der Waals surface area contributed by atoms with Gasteiger partial charge in [-0.3, -0.25) is 4.79 Å². The minimum atomic E-state index is -0.164. The van der Waals surface area contributed by atoms with Gasteiger partial charge in [-0.05, 0) is 24.0 Å². The molecule has 1 heterocycles. The Morgan fingerprint density at radius 2 is 2.19 bits per heavy atom. The average Bonchev–Trinajstić information content (AvgIpc) is 2.16. The van der Waals surface area contributed by atoms with Crippen molar-refractivity contribution in [1.29, 1.82) is 0 Å². The van der Waals surface area contributed by atoms with Crippen molar-refractivity contribution in [3.05, 3.63) is 29.0 Å². The van der Waals surface area contributed by atoms with Gasteiger partial charge in [-0.15, -0.1) is 0 Å². The lowest BCUT2D eigenvalue weighted by Gasteiger charge is -2.18. The van der Waals surface area contributed by atoms with E-state index in [-0.39, 0.29) is 16.5 Å². The Labute approximate surface area is 101 Å². The number of carbonyl (C=O) groups is 1. The quantitative estimate of drug-likeness (QED) is 0.826. The molecule has 16 heavy (non-hydrogen) atoms. The van der Waals surface area contributed by atoms with Gasteiger partial charge in [0.05, 0.1) is 5.56 Å². The normalized spacial score (nSPS) is 11.2. The highest BCUT2D eigenvalue weighted by atomic mass is 35.5.